The van der Waals surface area contributed by atoms with E-state index in [2.05, 4.69) is 16.0 Å². The Morgan fingerprint density at radius 1 is 1.04 bits per heavy atom. The fourth-order valence-electron chi connectivity index (χ4n) is 3.52. The molecule has 2 saturated heterocycles. The number of rotatable bonds is 1. The molecule has 2 unspecified atom stereocenters. The second-order valence-corrected chi connectivity index (χ2v) is 6.63. The lowest BCUT2D eigenvalue weighted by atomic mass is 9.88. The van der Waals surface area contributed by atoms with E-state index in [9.17, 15) is 24.0 Å². The standard InChI is InChI=1S/C10H15N3O4.C8H5NO2/c14-8-2-1-6(9(15)12-8)7-5-11-3-4-13(7)10(16)17;10-7-5-3-1-2-4-6(5)8(11)9-7/h6-7,11H,1-5H2,(H,16,17)(H,12,14,15);1-4H,(H,9,10,11). The lowest BCUT2D eigenvalue weighted by Gasteiger charge is -2.39. The van der Waals surface area contributed by atoms with Crippen molar-refractivity contribution in [3.8, 4) is 0 Å². The molecule has 10 nitrogen and oxygen atoms in total. The molecule has 0 radical (unpaired) electrons. The van der Waals surface area contributed by atoms with Gasteiger partial charge >= 0.3 is 6.09 Å². The van der Waals surface area contributed by atoms with Crippen LogP contribution in [0.2, 0.25) is 0 Å². The third-order valence-electron chi connectivity index (χ3n) is 4.92. The molecule has 4 N–H and O–H groups in total. The maximum atomic E-state index is 11.7. The van der Waals surface area contributed by atoms with Crippen molar-refractivity contribution in [3.63, 3.8) is 0 Å². The predicted octanol–water partition coefficient (Wildman–Crippen LogP) is -0.439. The van der Waals surface area contributed by atoms with E-state index in [0.717, 1.165) is 0 Å². The van der Waals surface area contributed by atoms with Gasteiger partial charge in [0, 0.05) is 26.1 Å². The molecule has 2 fully saturated rings. The Morgan fingerprint density at radius 2 is 1.68 bits per heavy atom. The number of nitrogens with zero attached hydrogens (tertiary/aromatic N) is 1. The summed E-state index contributed by atoms with van der Waals surface area (Å²) in [6.45, 7) is 1.42. The van der Waals surface area contributed by atoms with E-state index in [1.54, 1.807) is 24.3 Å². The van der Waals surface area contributed by atoms with E-state index < -0.39 is 12.0 Å². The normalized spacial score (nSPS) is 23.9. The summed E-state index contributed by atoms with van der Waals surface area (Å²) in [5, 5.41) is 16.6. The smallest absolute Gasteiger partial charge is 0.407 e. The molecule has 3 heterocycles. The van der Waals surface area contributed by atoms with Crippen molar-refractivity contribution in [3.05, 3.63) is 35.4 Å². The Bertz CT molecular complexity index is 806. The van der Waals surface area contributed by atoms with Crippen molar-refractivity contribution >= 4 is 29.7 Å². The molecule has 0 saturated carbocycles. The number of fused-ring (bicyclic) bond motifs is 1. The molecule has 148 valence electrons. The van der Waals surface area contributed by atoms with Gasteiger partial charge in [-0.3, -0.25) is 29.8 Å². The number of piperidine rings is 1. The van der Waals surface area contributed by atoms with E-state index in [0.29, 0.717) is 37.2 Å². The van der Waals surface area contributed by atoms with E-state index in [-0.39, 0.29) is 36.1 Å². The summed E-state index contributed by atoms with van der Waals surface area (Å²) in [7, 11) is 0. The molecule has 1 aromatic rings. The summed E-state index contributed by atoms with van der Waals surface area (Å²) in [6.07, 6.45) is -0.317. The summed E-state index contributed by atoms with van der Waals surface area (Å²) in [5.74, 6) is -1.68. The van der Waals surface area contributed by atoms with Crippen molar-refractivity contribution in [2.75, 3.05) is 19.6 Å². The first-order valence-electron chi connectivity index (χ1n) is 8.87. The van der Waals surface area contributed by atoms with Crippen LogP contribution in [0.1, 0.15) is 33.6 Å². The van der Waals surface area contributed by atoms with Gasteiger partial charge in [0.1, 0.15) is 0 Å². The van der Waals surface area contributed by atoms with Gasteiger partial charge in [0.2, 0.25) is 11.8 Å². The van der Waals surface area contributed by atoms with Crippen LogP contribution in [0.5, 0.6) is 0 Å². The number of piperazine rings is 1. The van der Waals surface area contributed by atoms with E-state index in [4.69, 9.17) is 5.11 Å². The molecule has 3 aliphatic rings. The van der Waals surface area contributed by atoms with E-state index in [1.807, 2.05) is 0 Å². The van der Waals surface area contributed by atoms with E-state index in [1.165, 1.54) is 4.90 Å². The van der Waals surface area contributed by atoms with Gasteiger partial charge in [-0.1, -0.05) is 12.1 Å². The molecule has 2 atom stereocenters. The van der Waals surface area contributed by atoms with Crippen LogP contribution in [0, 0.1) is 5.92 Å². The number of imide groups is 2. The van der Waals surface area contributed by atoms with Crippen LogP contribution < -0.4 is 16.0 Å². The second kappa shape index (κ2) is 8.17. The zero-order chi connectivity index (χ0) is 20.3. The highest BCUT2D eigenvalue weighted by Crippen LogP contribution is 2.22. The van der Waals surface area contributed by atoms with Gasteiger partial charge in [-0.15, -0.1) is 0 Å². The SMILES string of the molecule is O=C1CCC(C2CNCCN2C(=O)O)C(=O)N1.O=C1NC(=O)c2ccccc21. The van der Waals surface area contributed by atoms with Crippen molar-refractivity contribution in [1.29, 1.82) is 0 Å². The first-order valence-corrected chi connectivity index (χ1v) is 8.87. The lowest BCUT2D eigenvalue weighted by Crippen LogP contribution is -2.60. The monoisotopic (exact) mass is 388 g/mol. The Kier molecular flexibility index (Phi) is 5.69. The summed E-state index contributed by atoms with van der Waals surface area (Å²) in [6, 6.07) is 6.36. The van der Waals surface area contributed by atoms with Crippen LogP contribution in [0.3, 0.4) is 0 Å². The van der Waals surface area contributed by atoms with Crippen LogP contribution >= 0.6 is 0 Å². The van der Waals surface area contributed by atoms with Gasteiger partial charge in [0.15, 0.2) is 0 Å². The predicted molar refractivity (Wildman–Crippen MR) is 95.5 cm³/mol. The van der Waals surface area contributed by atoms with Gasteiger partial charge in [-0.25, -0.2) is 4.79 Å². The van der Waals surface area contributed by atoms with Crippen LogP contribution in [-0.2, 0) is 9.59 Å². The number of hydrogen-bond acceptors (Lipinski definition) is 6. The number of carbonyl (C=O) groups is 5. The fraction of sp³-hybridized carbons (Fsp3) is 0.389. The molecule has 28 heavy (non-hydrogen) atoms. The third kappa shape index (κ3) is 4.01. The second-order valence-electron chi connectivity index (χ2n) is 6.63. The lowest BCUT2D eigenvalue weighted by molar-refractivity contribution is -0.138. The topological polar surface area (TPSA) is 145 Å². The average Bonchev–Trinajstić information content (AvgIpc) is 2.97. The molecule has 0 bridgehead atoms. The number of benzene rings is 1. The third-order valence-corrected chi connectivity index (χ3v) is 4.92. The molecule has 5 amide bonds. The zero-order valence-electron chi connectivity index (χ0n) is 14.9. The Labute approximate surface area is 160 Å². The number of amides is 5. The molecule has 1 aromatic carbocycles. The maximum absolute atomic E-state index is 11.7. The number of carbonyl (C=O) groups excluding carboxylic acids is 4. The first kappa shape index (κ1) is 19.5. The Balaban J connectivity index is 0.000000176. The quantitative estimate of drug-likeness (QED) is 0.477. The van der Waals surface area contributed by atoms with Gasteiger partial charge < -0.3 is 15.3 Å². The van der Waals surface area contributed by atoms with Gasteiger partial charge in [0.05, 0.1) is 23.1 Å². The van der Waals surface area contributed by atoms with Gasteiger partial charge in [-0.2, -0.15) is 0 Å². The molecule has 0 aliphatic carbocycles. The van der Waals surface area contributed by atoms with E-state index >= 15 is 0 Å². The summed E-state index contributed by atoms with van der Waals surface area (Å²) < 4.78 is 0. The highest BCUT2D eigenvalue weighted by molar-refractivity contribution is 6.21. The summed E-state index contributed by atoms with van der Waals surface area (Å²) in [4.78, 5) is 57.0. The average molecular weight is 388 g/mol. The van der Waals surface area contributed by atoms with Crippen LogP contribution in [-0.4, -0.2) is 65.4 Å². The Hall–Kier alpha value is -3.27. The summed E-state index contributed by atoms with van der Waals surface area (Å²) >= 11 is 0. The molecule has 10 heteroatoms. The van der Waals surface area contributed by atoms with Gasteiger partial charge in [0.25, 0.3) is 11.8 Å². The highest BCUT2D eigenvalue weighted by Gasteiger charge is 2.39. The maximum Gasteiger partial charge on any atom is 0.407 e. The number of hydrogen-bond donors (Lipinski definition) is 4. The van der Waals surface area contributed by atoms with Gasteiger partial charge in [-0.05, 0) is 18.6 Å². The fourth-order valence-corrected chi connectivity index (χ4v) is 3.52. The van der Waals surface area contributed by atoms with Crippen molar-refractivity contribution in [2.24, 2.45) is 5.92 Å². The van der Waals surface area contributed by atoms with Crippen LogP contribution in [0.4, 0.5) is 4.79 Å². The zero-order valence-corrected chi connectivity index (χ0v) is 14.9. The molecule has 0 aromatic heterocycles. The minimum Gasteiger partial charge on any atom is -0.465 e. The minimum absolute atomic E-state index is 0.278. The largest absolute Gasteiger partial charge is 0.465 e. The van der Waals surface area contributed by atoms with Crippen LogP contribution in [0.25, 0.3) is 0 Å². The Morgan fingerprint density at radius 3 is 2.25 bits per heavy atom. The number of nitrogens with one attached hydrogen (secondary N) is 3. The molecular formula is C18H20N4O6. The van der Waals surface area contributed by atoms with Crippen LogP contribution in [0.15, 0.2) is 24.3 Å². The number of carboxylic acid groups (broad SMARTS) is 1. The summed E-state index contributed by atoms with van der Waals surface area (Å²) in [5.41, 5.74) is 0.940. The minimum atomic E-state index is -1.01. The highest BCUT2D eigenvalue weighted by atomic mass is 16.4. The van der Waals surface area contributed by atoms with Crippen molar-refractivity contribution in [1.82, 2.24) is 20.9 Å². The van der Waals surface area contributed by atoms with Crippen molar-refractivity contribution in [2.45, 2.75) is 18.9 Å². The molecule has 0 spiro atoms. The molecule has 3 aliphatic heterocycles. The first-order chi connectivity index (χ1) is 13.4. The van der Waals surface area contributed by atoms with Crippen molar-refractivity contribution < 1.29 is 29.1 Å². The molecular weight excluding hydrogens is 368 g/mol. The molecule has 4 rings (SSSR count).